The molecule has 0 amide bonds. The molecule has 0 aliphatic heterocycles. The number of hydrogen-bond donors (Lipinski definition) is 1. The first-order valence-corrected chi connectivity index (χ1v) is 6.37. The van der Waals surface area contributed by atoms with Gasteiger partial charge in [-0.15, -0.1) is 0 Å². The lowest BCUT2D eigenvalue weighted by atomic mass is 10.1. The fraction of sp³-hybridized carbons (Fsp3) is 0.429. The summed E-state index contributed by atoms with van der Waals surface area (Å²) >= 11 is 0. The Kier molecular flexibility index (Phi) is 4.16. The molecule has 0 radical (unpaired) electrons. The zero-order valence-electron chi connectivity index (χ0n) is 11.5. The molecule has 1 aromatic heterocycles. The van der Waals surface area contributed by atoms with E-state index in [4.69, 9.17) is 15.0 Å². The molecule has 102 valence electrons. The summed E-state index contributed by atoms with van der Waals surface area (Å²) in [5.74, 6) is 2.18. The summed E-state index contributed by atoms with van der Waals surface area (Å²) < 4.78 is 10.7. The lowest BCUT2D eigenvalue weighted by Gasteiger charge is -2.08. The third-order valence-electron chi connectivity index (χ3n) is 2.75. The zero-order valence-corrected chi connectivity index (χ0v) is 11.5. The van der Waals surface area contributed by atoms with Crippen molar-refractivity contribution in [3.63, 3.8) is 0 Å². The third kappa shape index (κ3) is 3.54. The molecule has 2 N–H and O–H groups in total. The van der Waals surface area contributed by atoms with Gasteiger partial charge in [-0.1, -0.05) is 31.1 Å². The minimum absolute atomic E-state index is 0.0144. The molecule has 5 heteroatoms. The molecule has 2 rings (SSSR count). The summed E-state index contributed by atoms with van der Waals surface area (Å²) in [6.45, 7) is 6.23. The molecule has 0 spiro atoms. The normalized spacial score (nSPS) is 12.7. The van der Waals surface area contributed by atoms with Crippen molar-refractivity contribution >= 4 is 0 Å². The molecule has 0 aliphatic carbocycles. The highest BCUT2D eigenvalue weighted by Gasteiger charge is 2.10. The number of nitrogens with two attached hydrogens (primary N) is 1. The molecule has 1 atom stereocenters. The van der Waals surface area contributed by atoms with Crippen LogP contribution in [0.15, 0.2) is 28.8 Å². The van der Waals surface area contributed by atoms with Gasteiger partial charge in [-0.05, 0) is 24.6 Å². The maximum Gasteiger partial charge on any atom is 0.264 e. The molecule has 2 aromatic rings. The standard InChI is InChI=1S/C14H19N3O2/c1-9(2)14-16-13(19-17-14)8-18-12-6-4-5-11(7-12)10(3)15/h4-7,9-10H,8,15H2,1-3H3/t10-/m0/s1. The molecular formula is C14H19N3O2. The maximum atomic E-state index is 5.83. The van der Waals surface area contributed by atoms with Crippen LogP contribution in [0.3, 0.4) is 0 Å². The van der Waals surface area contributed by atoms with Crippen molar-refractivity contribution in [2.24, 2.45) is 5.73 Å². The van der Waals surface area contributed by atoms with E-state index in [0.29, 0.717) is 11.7 Å². The molecule has 0 saturated heterocycles. The van der Waals surface area contributed by atoms with E-state index < -0.39 is 0 Å². The van der Waals surface area contributed by atoms with Crippen molar-refractivity contribution in [1.29, 1.82) is 0 Å². The van der Waals surface area contributed by atoms with Crippen molar-refractivity contribution in [3.05, 3.63) is 41.5 Å². The molecule has 0 fully saturated rings. The van der Waals surface area contributed by atoms with Gasteiger partial charge < -0.3 is 15.0 Å². The number of aromatic nitrogens is 2. The Morgan fingerprint density at radius 2 is 2.11 bits per heavy atom. The second-order valence-electron chi connectivity index (χ2n) is 4.85. The van der Waals surface area contributed by atoms with Gasteiger partial charge in [-0.25, -0.2) is 0 Å². The van der Waals surface area contributed by atoms with E-state index in [0.717, 1.165) is 11.3 Å². The van der Waals surface area contributed by atoms with Crippen LogP contribution in [0.2, 0.25) is 0 Å². The topological polar surface area (TPSA) is 74.2 Å². The van der Waals surface area contributed by atoms with E-state index in [1.165, 1.54) is 0 Å². The van der Waals surface area contributed by atoms with Crippen LogP contribution in [0.4, 0.5) is 0 Å². The quantitative estimate of drug-likeness (QED) is 0.895. The lowest BCUT2D eigenvalue weighted by Crippen LogP contribution is -2.05. The van der Waals surface area contributed by atoms with Gasteiger partial charge >= 0.3 is 0 Å². The van der Waals surface area contributed by atoms with Gasteiger partial charge in [-0.2, -0.15) is 4.98 Å². The molecular weight excluding hydrogens is 242 g/mol. The molecule has 5 nitrogen and oxygen atoms in total. The first kappa shape index (κ1) is 13.5. The average molecular weight is 261 g/mol. The highest BCUT2D eigenvalue weighted by atomic mass is 16.5. The minimum Gasteiger partial charge on any atom is -0.484 e. The second kappa shape index (κ2) is 5.84. The number of rotatable bonds is 5. The molecule has 1 heterocycles. The Labute approximate surface area is 112 Å². The van der Waals surface area contributed by atoms with Gasteiger partial charge in [0.1, 0.15) is 5.75 Å². The lowest BCUT2D eigenvalue weighted by molar-refractivity contribution is 0.242. The number of ether oxygens (including phenoxy) is 1. The molecule has 19 heavy (non-hydrogen) atoms. The van der Waals surface area contributed by atoms with Crippen LogP contribution in [0.5, 0.6) is 5.75 Å². The highest BCUT2D eigenvalue weighted by molar-refractivity contribution is 5.30. The largest absolute Gasteiger partial charge is 0.484 e. The molecule has 0 unspecified atom stereocenters. The Morgan fingerprint density at radius 1 is 1.32 bits per heavy atom. The summed E-state index contributed by atoms with van der Waals surface area (Å²) in [6.07, 6.45) is 0. The first-order valence-electron chi connectivity index (χ1n) is 6.37. The van der Waals surface area contributed by atoms with Crippen molar-refractivity contribution in [1.82, 2.24) is 10.1 Å². The van der Waals surface area contributed by atoms with E-state index in [2.05, 4.69) is 10.1 Å². The number of nitrogens with zero attached hydrogens (tertiary/aromatic N) is 2. The predicted octanol–water partition coefficient (Wildman–Crippen LogP) is 2.79. The van der Waals surface area contributed by atoms with Crippen LogP contribution in [-0.4, -0.2) is 10.1 Å². The molecule has 0 aliphatic rings. The maximum absolute atomic E-state index is 5.83. The van der Waals surface area contributed by atoms with Crippen LogP contribution in [-0.2, 0) is 6.61 Å². The third-order valence-corrected chi connectivity index (χ3v) is 2.75. The van der Waals surface area contributed by atoms with Crippen LogP contribution >= 0.6 is 0 Å². The summed E-state index contributed by atoms with van der Waals surface area (Å²) in [6, 6.07) is 7.68. The van der Waals surface area contributed by atoms with Gasteiger partial charge in [0, 0.05) is 12.0 Å². The van der Waals surface area contributed by atoms with Crippen molar-refractivity contribution in [3.8, 4) is 5.75 Å². The number of hydrogen-bond acceptors (Lipinski definition) is 5. The van der Waals surface area contributed by atoms with E-state index >= 15 is 0 Å². The molecule has 0 saturated carbocycles. The Balaban J connectivity index is 1.99. The molecule has 1 aromatic carbocycles. The fourth-order valence-electron chi connectivity index (χ4n) is 1.59. The Morgan fingerprint density at radius 3 is 2.74 bits per heavy atom. The van der Waals surface area contributed by atoms with E-state index in [9.17, 15) is 0 Å². The van der Waals surface area contributed by atoms with Gasteiger partial charge in [0.15, 0.2) is 12.4 Å². The smallest absolute Gasteiger partial charge is 0.264 e. The first-order chi connectivity index (χ1) is 9.06. The van der Waals surface area contributed by atoms with Gasteiger partial charge in [-0.3, -0.25) is 0 Å². The SMILES string of the molecule is CC(C)c1noc(COc2cccc([C@H](C)N)c2)n1. The van der Waals surface area contributed by atoms with E-state index in [-0.39, 0.29) is 18.6 Å². The van der Waals surface area contributed by atoms with Crippen LogP contribution in [0.25, 0.3) is 0 Å². The van der Waals surface area contributed by atoms with Gasteiger partial charge in [0.2, 0.25) is 0 Å². The minimum atomic E-state index is -0.0144. The van der Waals surface area contributed by atoms with Gasteiger partial charge in [0.25, 0.3) is 5.89 Å². The summed E-state index contributed by atoms with van der Waals surface area (Å²) in [7, 11) is 0. The average Bonchev–Trinajstić information content (AvgIpc) is 2.85. The molecule has 0 bridgehead atoms. The monoisotopic (exact) mass is 261 g/mol. The second-order valence-corrected chi connectivity index (χ2v) is 4.85. The van der Waals surface area contributed by atoms with Crippen LogP contribution in [0.1, 0.15) is 50.0 Å². The van der Waals surface area contributed by atoms with Crippen LogP contribution in [0, 0.1) is 0 Å². The summed E-state index contributed by atoms with van der Waals surface area (Å²) in [5, 5.41) is 3.89. The van der Waals surface area contributed by atoms with Crippen molar-refractivity contribution in [2.45, 2.75) is 39.3 Å². The highest BCUT2D eigenvalue weighted by Crippen LogP contribution is 2.19. The Bertz CT molecular complexity index is 535. The fourth-order valence-corrected chi connectivity index (χ4v) is 1.59. The van der Waals surface area contributed by atoms with Crippen molar-refractivity contribution < 1.29 is 9.26 Å². The van der Waals surface area contributed by atoms with Gasteiger partial charge in [0.05, 0.1) is 0 Å². The summed E-state index contributed by atoms with van der Waals surface area (Å²) in [4.78, 5) is 4.25. The zero-order chi connectivity index (χ0) is 13.8. The van der Waals surface area contributed by atoms with Crippen LogP contribution < -0.4 is 10.5 Å². The predicted molar refractivity (Wildman–Crippen MR) is 71.8 cm³/mol. The van der Waals surface area contributed by atoms with Crippen molar-refractivity contribution in [2.75, 3.05) is 0 Å². The number of benzene rings is 1. The van der Waals surface area contributed by atoms with E-state index in [1.807, 2.05) is 45.0 Å². The van der Waals surface area contributed by atoms with E-state index in [1.54, 1.807) is 0 Å². The summed E-state index contributed by atoms with van der Waals surface area (Å²) in [5.41, 5.74) is 6.86. The Hall–Kier alpha value is -1.88.